The fraction of sp³-hybridized carbons (Fsp3) is 0.273. The summed E-state index contributed by atoms with van der Waals surface area (Å²) in [5, 5.41) is 10.1. The van der Waals surface area contributed by atoms with Crippen LogP contribution < -0.4 is 39.0 Å². The number of hydrazine groups is 3. The Morgan fingerprint density at radius 1 is 1.14 bits per heavy atom. The van der Waals surface area contributed by atoms with Crippen molar-refractivity contribution in [2.75, 3.05) is 29.8 Å². The highest BCUT2D eigenvalue weighted by Gasteiger charge is 2.35. The second-order valence-corrected chi connectivity index (χ2v) is 9.46. The molecular formula is C22H28N10O2S. The number of fused-ring (bicyclic) bond motifs is 1. The number of rotatable bonds is 5. The summed E-state index contributed by atoms with van der Waals surface area (Å²) >= 11 is 1.38. The molecule has 4 heterocycles. The predicted molar refractivity (Wildman–Crippen MR) is 135 cm³/mol. The quantitative estimate of drug-likeness (QED) is 0.178. The van der Waals surface area contributed by atoms with E-state index in [4.69, 9.17) is 23.4 Å². The van der Waals surface area contributed by atoms with E-state index in [0.29, 0.717) is 51.4 Å². The number of aromatic nitrogens is 1. The average molecular weight is 497 g/mol. The molecule has 0 bridgehead atoms. The molecule has 13 heteroatoms. The third kappa shape index (κ3) is 4.13. The fourth-order valence-electron chi connectivity index (χ4n) is 4.49. The molecule has 0 atom stereocenters. The lowest BCUT2D eigenvalue weighted by Crippen LogP contribution is -2.43. The molecule has 0 saturated heterocycles. The van der Waals surface area contributed by atoms with E-state index >= 15 is 0 Å². The van der Waals surface area contributed by atoms with Crippen LogP contribution in [0.4, 0.5) is 5.69 Å². The molecule has 0 radical (unpaired) electrons. The van der Waals surface area contributed by atoms with E-state index in [1.165, 1.54) is 26.5 Å². The van der Waals surface area contributed by atoms with E-state index in [0.717, 1.165) is 23.5 Å². The SMILES string of the molecule is NN1CC(=O)c2c(N(N)C3=CCCC=C3)c(C3=CCNC(N(N)C(=O)C4=CNCS4)=C3)n(N)c2C1. The molecule has 0 aromatic carbocycles. The summed E-state index contributed by atoms with van der Waals surface area (Å²) in [6, 6.07) is 0. The number of hydrogen-bond donors (Lipinski definition) is 6. The molecular weight excluding hydrogens is 468 g/mol. The van der Waals surface area contributed by atoms with Gasteiger partial charge in [-0.2, -0.15) is 0 Å². The zero-order valence-electron chi connectivity index (χ0n) is 19.0. The van der Waals surface area contributed by atoms with E-state index in [2.05, 4.69) is 10.6 Å². The van der Waals surface area contributed by atoms with Crippen molar-refractivity contribution in [3.8, 4) is 0 Å². The van der Waals surface area contributed by atoms with E-state index < -0.39 is 0 Å². The Balaban J connectivity index is 1.60. The van der Waals surface area contributed by atoms with Gasteiger partial charge in [-0.3, -0.25) is 25.1 Å². The molecule has 0 fully saturated rings. The van der Waals surface area contributed by atoms with Crippen molar-refractivity contribution in [3.05, 3.63) is 70.0 Å². The first-order valence-corrected chi connectivity index (χ1v) is 12.1. The number of anilines is 1. The maximum absolute atomic E-state index is 13.1. The number of amides is 1. The van der Waals surface area contributed by atoms with Gasteiger partial charge in [0, 0.05) is 18.3 Å². The van der Waals surface area contributed by atoms with E-state index in [1.54, 1.807) is 12.3 Å². The molecule has 0 spiro atoms. The Labute approximate surface area is 206 Å². The van der Waals surface area contributed by atoms with Gasteiger partial charge in [0.2, 0.25) is 0 Å². The van der Waals surface area contributed by atoms with Gasteiger partial charge in [-0.25, -0.2) is 21.7 Å². The monoisotopic (exact) mass is 496 g/mol. The van der Waals surface area contributed by atoms with E-state index in [1.807, 2.05) is 24.3 Å². The van der Waals surface area contributed by atoms with E-state index in [-0.39, 0.29) is 24.8 Å². The summed E-state index contributed by atoms with van der Waals surface area (Å²) < 4.78 is 1.46. The molecule has 1 aromatic rings. The van der Waals surface area contributed by atoms with Crippen LogP contribution in [0.2, 0.25) is 0 Å². The Hall–Kier alpha value is -3.49. The summed E-state index contributed by atoms with van der Waals surface area (Å²) in [6.07, 6.45) is 13.0. The molecule has 1 amide bonds. The lowest BCUT2D eigenvalue weighted by atomic mass is 10.0. The van der Waals surface area contributed by atoms with Gasteiger partial charge in [0.1, 0.15) is 5.82 Å². The van der Waals surface area contributed by atoms with E-state index in [9.17, 15) is 9.59 Å². The standard InChI is InChI=1S/C22H28N10O2S/c23-29-10-15-19(16(33)11-29)21(30(24)14-4-2-1-3-5-14)20(31(15)25)13-6-7-28-18(8-13)32(26)22(34)17-9-27-12-35-17/h2,4-6,8-9,27-28H,1,3,7,10-12,23-26H2. The van der Waals surface area contributed by atoms with Crippen LogP contribution in [-0.4, -0.2) is 45.4 Å². The summed E-state index contributed by atoms with van der Waals surface area (Å²) in [6.45, 7) is 0.737. The largest absolute Gasteiger partial charge is 0.380 e. The molecule has 4 aliphatic rings. The molecule has 10 N–H and O–H groups in total. The number of carbonyl (C=O) groups is 2. The number of nitrogen functional groups attached to an aromatic ring is 1. The molecule has 1 aliphatic carbocycles. The van der Waals surface area contributed by atoms with Gasteiger partial charge in [-0.05, 0) is 25.0 Å². The van der Waals surface area contributed by atoms with Gasteiger partial charge >= 0.3 is 0 Å². The second kappa shape index (κ2) is 9.28. The number of hydrogen-bond acceptors (Lipinski definition) is 11. The maximum Gasteiger partial charge on any atom is 0.281 e. The van der Waals surface area contributed by atoms with Crippen LogP contribution in [0.5, 0.6) is 0 Å². The van der Waals surface area contributed by atoms with Crippen molar-refractivity contribution >= 4 is 34.7 Å². The van der Waals surface area contributed by atoms with Crippen molar-refractivity contribution in [1.82, 2.24) is 25.3 Å². The fourth-order valence-corrected chi connectivity index (χ4v) is 5.20. The first-order valence-electron chi connectivity index (χ1n) is 11.2. The lowest BCUT2D eigenvalue weighted by molar-refractivity contribution is -0.125. The number of ketones is 1. The normalized spacial score (nSPS) is 19.7. The van der Waals surface area contributed by atoms with Crippen LogP contribution in [-0.2, 0) is 11.3 Å². The minimum atomic E-state index is -0.338. The van der Waals surface area contributed by atoms with Crippen molar-refractivity contribution in [1.29, 1.82) is 0 Å². The van der Waals surface area contributed by atoms with Gasteiger partial charge in [0.25, 0.3) is 5.91 Å². The molecule has 12 nitrogen and oxygen atoms in total. The summed E-state index contributed by atoms with van der Waals surface area (Å²) in [4.78, 5) is 26.4. The zero-order chi connectivity index (χ0) is 24.7. The molecule has 5 rings (SSSR count). The number of nitrogens with zero attached hydrogens (tertiary/aromatic N) is 4. The molecule has 0 saturated carbocycles. The number of allylic oxidation sites excluding steroid dienone is 5. The van der Waals surface area contributed by atoms with Gasteiger partial charge in [-0.1, -0.05) is 30.0 Å². The van der Waals surface area contributed by atoms with Crippen LogP contribution >= 0.6 is 11.8 Å². The first kappa shape index (κ1) is 23.3. The summed E-state index contributed by atoms with van der Waals surface area (Å²) in [7, 11) is 0. The first-order chi connectivity index (χ1) is 16.9. The minimum absolute atomic E-state index is 0.0553. The van der Waals surface area contributed by atoms with Crippen molar-refractivity contribution < 1.29 is 9.59 Å². The van der Waals surface area contributed by atoms with Crippen molar-refractivity contribution in [3.63, 3.8) is 0 Å². The molecule has 184 valence electrons. The predicted octanol–water partition coefficient (Wildman–Crippen LogP) is -0.346. The van der Waals surface area contributed by atoms with Crippen LogP contribution in [0.3, 0.4) is 0 Å². The zero-order valence-corrected chi connectivity index (χ0v) is 19.8. The Bertz CT molecular complexity index is 1240. The second-order valence-electron chi connectivity index (χ2n) is 8.44. The number of Topliss-reactive ketones (excluding diaryl/α,β-unsaturated/α-hetero) is 1. The smallest absolute Gasteiger partial charge is 0.281 e. The van der Waals surface area contributed by atoms with Gasteiger partial charge in [-0.15, -0.1) is 0 Å². The van der Waals surface area contributed by atoms with Crippen LogP contribution in [0.25, 0.3) is 5.57 Å². The van der Waals surface area contributed by atoms with Gasteiger partial charge < -0.3 is 16.5 Å². The number of nitrogens with one attached hydrogen (secondary N) is 2. The minimum Gasteiger partial charge on any atom is -0.380 e. The number of thioether (sulfide) groups is 1. The van der Waals surface area contributed by atoms with Crippen LogP contribution in [0, 0.1) is 0 Å². The van der Waals surface area contributed by atoms with Crippen molar-refractivity contribution in [2.24, 2.45) is 17.5 Å². The van der Waals surface area contributed by atoms with Crippen LogP contribution in [0.15, 0.2) is 53.0 Å². The topological polar surface area (TPSA) is 177 Å². The Morgan fingerprint density at radius 3 is 2.69 bits per heavy atom. The third-order valence-electron chi connectivity index (χ3n) is 6.16. The molecule has 3 aliphatic heterocycles. The molecule has 35 heavy (non-hydrogen) atoms. The number of dihydropyridines is 1. The lowest BCUT2D eigenvalue weighted by Gasteiger charge is -2.27. The number of nitrogens with two attached hydrogens (primary N) is 4. The summed E-state index contributed by atoms with van der Waals surface area (Å²) in [5.74, 6) is 25.9. The molecule has 0 unspecified atom stereocenters. The highest BCUT2D eigenvalue weighted by molar-refractivity contribution is 8.04. The highest BCUT2D eigenvalue weighted by atomic mass is 32.2. The highest BCUT2D eigenvalue weighted by Crippen LogP contribution is 2.39. The van der Waals surface area contributed by atoms with Crippen molar-refractivity contribution in [2.45, 2.75) is 19.4 Å². The maximum atomic E-state index is 13.1. The van der Waals surface area contributed by atoms with Gasteiger partial charge in [0.05, 0.1) is 52.2 Å². The Morgan fingerprint density at radius 2 is 1.97 bits per heavy atom. The Kier molecular flexibility index (Phi) is 6.17. The average Bonchev–Trinajstić information content (AvgIpc) is 3.50. The van der Waals surface area contributed by atoms with Gasteiger partial charge in [0.15, 0.2) is 5.78 Å². The van der Waals surface area contributed by atoms with Crippen LogP contribution in [0.1, 0.15) is 34.6 Å². The third-order valence-corrected chi connectivity index (χ3v) is 7.07. The molecule has 1 aromatic heterocycles. The number of carbonyl (C=O) groups excluding carboxylic acids is 2. The summed E-state index contributed by atoms with van der Waals surface area (Å²) in [5.41, 5.74) is 3.49.